The SMILES string of the molecule is CCOC(=O)Cn1ccc(C2CCCC2)n1. The molecule has 1 aromatic heterocycles. The molecule has 4 heteroatoms. The number of carbonyl (C=O) groups excluding carboxylic acids is 1. The zero-order valence-corrected chi connectivity index (χ0v) is 9.69. The van der Waals surface area contributed by atoms with Crippen molar-refractivity contribution in [2.24, 2.45) is 0 Å². The molecule has 0 N–H and O–H groups in total. The fraction of sp³-hybridized carbons (Fsp3) is 0.667. The summed E-state index contributed by atoms with van der Waals surface area (Å²) in [6.07, 6.45) is 6.93. The van der Waals surface area contributed by atoms with E-state index in [1.807, 2.05) is 19.2 Å². The van der Waals surface area contributed by atoms with Gasteiger partial charge in [-0.1, -0.05) is 12.8 Å². The maximum absolute atomic E-state index is 11.3. The Labute approximate surface area is 95.6 Å². The smallest absolute Gasteiger partial charge is 0.327 e. The van der Waals surface area contributed by atoms with Crippen LogP contribution in [0.1, 0.15) is 44.2 Å². The van der Waals surface area contributed by atoms with Gasteiger partial charge in [0.15, 0.2) is 0 Å². The largest absolute Gasteiger partial charge is 0.465 e. The second-order valence-corrected chi connectivity index (χ2v) is 4.22. The van der Waals surface area contributed by atoms with Gasteiger partial charge in [-0.3, -0.25) is 9.48 Å². The summed E-state index contributed by atoms with van der Waals surface area (Å²) in [5.41, 5.74) is 1.13. The first-order valence-electron chi connectivity index (χ1n) is 5.98. The Morgan fingerprint density at radius 2 is 2.31 bits per heavy atom. The Morgan fingerprint density at radius 1 is 1.56 bits per heavy atom. The highest BCUT2D eigenvalue weighted by Gasteiger charge is 2.19. The summed E-state index contributed by atoms with van der Waals surface area (Å²) >= 11 is 0. The zero-order chi connectivity index (χ0) is 11.4. The van der Waals surface area contributed by atoms with Gasteiger partial charge in [-0.25, -0.2) is 0 Å². The first kappa shape index (κ1) is 11.2. The molecule has 0 aliphatic heterocycles. The van der Waals surface area contributed by atoms with Crippen molar-refractivity contribution in [2.75, 3.05) is 6.61 Å². The van der Waals surface area contributed by atoms with Gasteiger partial charge in [0, 0.05) is 12.1 Å². The van der Waals surface area contributed by atoms with E-state index in [0.717, 1.165) is 5.69 Å². The minimum absolute atomic E-state index is 0.219. The van der Waals surface area contributed by atoms with Crippen LogP contribution in [-0.4, -0.2) is 22.4 Å². The lowest BCUT2D eigenvalue weighted by Crippen LogP contribution is -2.14. The van der Waals surface area contributed by atoms with Crippen molar-refractivity contribution >= 4 is 5.97 Å². The lowest BCUT2D eigenvalue weighted by Gasteiger charge is -2.04. The van der Waals surface area contributed by atoms with Crippen LogP contribution >= 0.6 is 0 Å². The van der Waals surface area contributed by atoms with Gasteiger partial charge in [-0.2, -0.15) is 5.10 Å². The molecule has 1 aromatic rings. The lowest BCUT2D eigenvalue weighted by molar-refractivity contribution is -0.144. The minimum Gasteiger partial charge on any atom is -0.465 e. The number of esters is 1. The molecule has 0 spiro atoms. The molecule has 4 nitrogen and oxygen atoms in total. The number of hydrogen-bond donors (Lipinski definition) is 0. The van der Waals surface area contributed by atoms with Gasteiger partial charge in [0.05, 0.1) is 12.3 Å². The third-order valence-corrected chi connectivity index (χ3v) is 3.03. The molecule has 1 saturated carbocycles. The summed E-state index contributed by atoms with van der Waals surface area (Å²) in [4.78, 5) is 11.3. The Balaban J connectivity index is 1.93. The number of nitrogens with zero attached hydrogens (tertiary/aromatic N) is 2. The van der Waals surface area contributed by atoms with Crippen molar-refractivity contribution in [1.29, 1.82) is 0 Å². The van der Waals surface area contributed by atoms with Crippen LogP contribution in [0.3, 0.4) is 0 Å². The summed E-state index contributed by atoms with van der Waals surface area (Å²) < 4.78 is 6.55. The van der Waals surface area contributed by atoms with Gasteiger partial charge in [0.25, 0.3) is 0 Å². The lowest BCUT2D eigenvalue weighted by atomic mass is 10.1. The monoisotopic (exact) mass is 222 g/mol. The summed E-state index contributed by atoms with van der Waals surface area (Å²) in [5, 5.41) is 4.43. The predicted octanol–water partition coefficient (Wildman–Crippen LogP) is 2.10. The highest BCUT2D eigenvalue weighted by molar-refractivity contribution is 5.68. The van der Waals surface area contributed by atoms with Crippen molar-refractivity contribution in [1.82, 2.24) is 9.78 Å². The maximum atomic E-state index is 11.3. The maximum Gasteiger partial charge on any atom is 0.327 e. The van der Waals surface area contributed by atoms with Crippen LogP contribution in [0.15, 0.2) is 12.3 Å². The molecule has 0 bridgehead atoms. The fourth-order valence-corrected chi connectivity index (χ4v) is 2.24. The van der Waals surface area contributed by atoms with Crippen LogP contribution in [-0.2, 0) is 16.1 Å². The third-order valence-electron chi connectivity index (χ3n) is 3.03. The van der Waals surface area contributed by atoms with Crippen LogP contribution in [0.2, 0.25) is 0 Å². The summed E-state index contributed by atoms with van der Waals surface area (Å²) in [6, 6.07) is 2.02. The standard InChI is InChI=1S/C12H18N2O2/c1-2-16-12(15)9-14-8-7-11(13-14)10-5-3-4-6-10/h7-8,10H,2-6,9H2,1H3. The molecule has 88 valence electrons. The van der Waals surface area contributed by atoms with Crippen LogP contribution in [0.5, 0.6) is 0 Å². The van der Waals surface area contributed by atoms with Crippen molar-refractivity contribution in [3.05, 3.63) is 18.0 Å². The molecular formula is C12H18N2O2. The molecule has 16 heavy (non-hydrogen) atoms. The van der Waals surface area contributed by atoms with Gasteiger partial charge in [-0.15, -0.1) is 0 Å². The van der Waals surface area contributed by atoms with Gasteiger partial charge in [0.2, 0.25) is 0 Å². The van der Waals surface area contributed by atoms with Crippen LogP contribution < -0.4 is 0 Å². The number of rotatable bonds is 4. The molecule has 2 rings (SSSR count). The van der Waals surface area contributed by atoms with Crippen LogP contribution in [0.4, 0.5) is 0 Å². The molecule has 1 aliphatic carbocycles. The van der Waals surface area contributed by atoms with E-state index in [4.69, 9.17) is 4.74 Å². The van der Waals surface area contributed by atoms with E-state index in [1.54, 1.807) is 4.68 Å². The molecular weight excluding hydrogens is 204 g/mol. The second kappa shape index (κ2) is 5.14. The average Bonchev–Trinajstić information content (AvgIpc) is 2.86. The topological polar surface area (TPSA) is 44.1 Å². The summed E-state index contributed by atoms with van der Waals surface area (Å²) in [6.45, 7) is 2.46. The number of aromatic nitrogens is 2. The Bertz CT molecular complexity index is 354. The Morgan fingerprint density at radius 3 is 3.00 bits per heavy atom. The highest BCUT2D eigenvalue weighted by atomic mass is 16.5. The van der Waals surface area contributed by atoms with E-state index in [9.17, 15) is 4.79 Å². The predicted molar refractivity (Wildman–Crippen MR) is 60.1 cm³/mol. The average molecular weight is 222 g/mol. The Kier molecular flexibility index (Phi) is 3.59. The molecule has 0 aromatic carbocycles. The van der Waals surface area contributed by atoms with Gasteiger partial charge < -0.3 is 4.74 Å². The molecule has 0 atom stereocenters. The van der Waals surface area contributed by atoms with E-state index in [1.165, 1.54) is 25.7 Å². The third kappa shape index (κ3) is 2.62. The molecule has 0 unspecified atom stereocenters. The van der Waals surface area contributed by atoms with Crippen molar-refractivity contribution in [3.63, 3.8) is 0 Å². The highest BCUT2D eigenvalue weighted by Crippen LogP contribution is 2.32. The van der Waals surface area contributed by atoms with E-state index in [-0.39, 0.29) is 12.5 Å². The summed E-state index contributed by atoms with van der Waals surface area (Å²) in [5.74, 6) is 0.381. The van der Waals surface area contributed by atoms with Crippen molar-refractivity contribution in [3.8, 4) is 0 Å². The van der Waals surface area contributed by atoms with E-state index < -0.39 is 0 Å². The minimum atomic E-state index is -0.219. The number of carbonyl (C=O) groups is 1. The van der Waals surface area contributed by atoms with Gasteiger partial charge >= 0.3 is 5.97 Å². The first-order valence-corrected chi connectivity index (χ1v) is 5.98. The molecule has 0 amide bonds. The summed E-state index contributed by atoms with van der Waals surface area (Å²) in [7, 11) is 0. The van der Waals surface area contributed by atoms with E-state index in [2.05, 4.69) is 5.10 Å². The quantitative estimate of drug-likeness (QED) is 0.733. The van der Waals surface area contributed by atoms with E-state index in [0.29, 0.717) is 12.5 Å². The number of ether oxygens (including phenoxy) is 1. The van der Waals surface area contributed by atoms with Crippen molar-refractivity contribution < 1.29 is 9.53 Å². The molecule has 1 heterocycles. The Hall–Kier alpha value is -1.32. The zero-order valence-electron chi connectivity index (χ0n) is 9.69. The molecule has 0 radical (unpaired) electrons. The first-order chi connectivity index (χ1) is 7.79. The normalized spacial score (nSPS) is 16.6. The van der Waals surface area contributed by atoms with Gasteiger partial charge in [-0.05, 0) is 25.8 Å². The molecule has 1 aliphatic rings. The van der Waals surface area contributed by atoms with Crippen LogP contribution in [0, 0.1) is 0 Å². The van der Waals surface area contributed by atoms with Gasteiger partial charge in [0.1, 0.15) is 6.54 Å². The molecule has 1 fully saturated rings. The van der Waals surface area contributed by atoms with Crippen molar-refractivity contribution in [2.45, 2.75) is 45.1 Å². The van der Waals surface area contributed by atoms with E-state index >= 15 is 0 Å². The second-order valence-electron chi connectivity index (χ2n) is 4.22. The van der Waals surface area contributed by atoms with Crippen LogP contribution in [0.25, 0.3) is 0 Å². The number of hydrogen-bond acceptors (Lipinski definition) is 3. The fourth-order valence-electron chi connectivity index (χ4n) is 2.24. The molecule has 0 saturated heterocycles.